The molecule has 0 aliphatic rings. The van der Waals surface area contributed by atoms with Crippen molar-refractivity contribution in [2.75, 3.05) is 12.4 Å². The molecule has 8 nitrogen and oxygen atoms in total. The highest BCUT2D eigenvalue weighted by molar-refractivity contribution is 6.39. The molecule has 1 unspecified atom stereocenters. The Morgan fingerprint density at radius 1 is 1.08 bits per heavy atom. The first kappa shape index (κ1) is 17.9. The lowest BCUT2D eigenvalue weighted by molar-refractivity contribution is -0.383. The van der Waals surface area contributed by atoms with E-state index in [1.807, 2.05) is 0 Å². The predicted molar refractivity (Wildman–Crippen MR) is 91.3 cm³/mol. The van der Waals surface area contributed by atoms with E-state index in [-0.39, 0.29) is 11.4 Å². The zero-order valence-electron chi connectivity index (χ0n) is 13.7. The smallest absolute Gasteiger partial charge is 0.313 e. The molecule has 0 heterocycles. The van der Waals surface area contributed by atoms with E-state index >= 15 is 0 Å². The second kappa shape index (κ2) is 7.91. The van der Waals surface area contributed by atoms with Crippen molar-refractivity contribution in [3.8, 4) is 5.75 Å². The number of nitro groups is 1. The molecule has 0 radical (unpaired) electrons. The van der Waals surface area contributed by atoms with Gasteiger partial charge in [0, 0.05) is 6.07 Å². The Hall–Kier alpha value is -3.42. The molecule has 0 aliphatic carbocycles. The quantitative estimate of drug-likeness (QED) is 0.492. The van der Waals surface area contributed by atoms with Crippen LogP contribution in [0.15, 0.2) is 48.5 Å². The van der Waals surface area contributed by atoms with Crippen molar-refractivity contribution in [3.05, 3.63) is 64.2 Å². The summed E-state index contributed by atoms with van der Waals surface area (Å²) in [6, 6.07) is 12.2. The molecule has 8 heteroatoms. The molecule has 2 aromatic carbocycles. The van der Waals surface area contributed by atoms with E-state index in [9.17, 15) is 19.7 Å². The van der Waals surface area contributed by atoms with Crippen LogP contribution in [0, 0.1) is 10.1 Å². The van der Waals surface area contributed by atoms with Gasteiger partial charge in [0.25, 0.3) is 5.69 Å². The Labute approximate surface area is 144 Å². The number of rotatable bonds is 5. The molecule has 2 aromatic rings. The monoisotopic (exact) mass is 343 g/mol. The van der Waals surface area contributed by atoms with Gasteiger partial charge in [0.1, 0.15) is 11.4 Å². The van der Waals surface area contributed by atoms with Crippen LogP contribution in [0.2, 0.25) is 0 Å². The average Bonchev–Trinajstić information content (AvgIpc) is 2.61. The van der Waals surface area contributed by atoms with Crippen molar-refractivity contribution >= 4 is 23.2 Å². The number of carbonyl (C=O) groups excluding carboxylic acids is 2. The summed E-state index contributed by atoms with van der Waals surface area (Å²) in [6.45, 7) is 1.72. The maximum atomic E-state index is 12.0. The zero-order chi connectivity index (χ0) is 18.4. The van der Waals surface area contributed by atoms with Crippen LogP contribution in [0.25, 0.3) is 0 Å². The van der Waals surface area contributed by atoms with E-state index in [1.54, 1.807) is 38.3 Å². The minimum Gasteiger partial charge on any atom is -0.497 e. The lowest BCUT2D eigenvalue weighted by Crippen LogP contribution is -2.37. The molecular weight excluding hydrogens is 326 g/mol. The molecule has 25 heavy (non-hydrogen) atoms. The summed E-state index contributed by atoms with van der Waals surface area (Å²) in [5, 5.41) is 15.7. The van der Waals surface area contributed by atoms with Crippen molar-refractivity contribution < 1.29 is 19.2 Å². The molecule has 0 aromatic heterocycles. The summed E-state index contributed by atoms with van der Waals surface area (Å²) in [4.78, 5) is 34.3. The fourth-order valence-electron chi connectivity index (χ4n) is 2.16. The third-order valence-corrected chi connectivity index (χ3v) is 3.52. The maximum absolute atomic E-state index is 12.0. The normalized spacial score (nSPS) is 11.3. The van der Waals surface area contributed by atoms with Crippen LogP contribution in [0.3, 0.4) is 0 Å². The van der Waals surface area contributed by atoms with Crippen LogP contribution >= 0.6 is 0 Å². The summed E-state index contributed by atoms with van der Waals surface area (Å²) >= 11 is 0. The zero-order valence-corrected chi connectivity index (χ0v) is 13.7. The van der Waals surface area contributed by atoms with Gasteiger partial charge >= 0.3 is 11.8 Å². The van der Waals surface area contributed by atoms with Crippen LogP contribution < -0.4 is 15.4 Å². The average molecular weight is 343 g/mol. The Morgan fingerprint density at radius 2 is 1.72 bits per heavy atom. The number of methoxy groups -OCH3 is 1. The molecule has 0 saturated carbocycles. The van der Waals surface area contributed by atoms with Crippen molar-refractivity contribution in [3.63, 3.8) is 0 Å². The van der Waals surface area contributed by atoms with Crippen molar-refractivity contribution in [1.29, 1.82) is 0 Å². The third-order valence-electron chi connectivity index (χ3n) is 3.52. The van der Waals surface area contributed by atoms with Crippen molar-refractivity contribution in [1.82, 2.24) is 5.32 Å². The molecule has 0 saturated heterocycles. The van der Waals surface area contributed by atoms with Crippen LogP contribution in [0.4, 0.5) is 11.4 Å². The Morgan fingerprint density at radius 3 is 2.32 bits per heavy atom. The van der Waals surface area contributed by atoms with Crippen molar-refractivity contribution in [2.24, 2.45) is 0 Å². The molecule has 2 N–H and O–H groups in total. The summed E-state index contributed by atoms with van der Waals surface area (Å²) in [5.41, 5.74) is 0.462. The van der Waals surface area contributed by atoms with Gasteiger partial charge in [-0.15, -0.1) is 0 Å². The van der Waals surface area contributed by atoms with Crippen molar-refractivity contribution in [2.45, 2.75) is 13.0 Å². The topological polar surface area (TPSA) is 111 Å². The number of ether oxygens (including phenoxy) is 1. The number of carbonyl (C=O) groups is 2. The number of hydrogen-bond donors (Lipinski definition) is 2. The van der Waals surface area contributed by atoms with Crippen LogP contribution in [0.5, 0.6) is 5.75 Å². The molecule has 0 fully saturated rings. The molecule has 2 rings (SSSR count). The SMILES string of the molecule is COc1ccc(C(C)NC(=O)C(=O)Nc2ccccc2[N+](=O)[O-])cc1. The molecule has 0 spiro atoms. The van der Waals surface area contributed by atoms with Gasteiger partial charge in [0.15, 0.2) is 0 Å². The molecule has 0 aliphatic heterocycles. The molecular formula is C17H17N3O5. The highest BCUT2D eigenvalue weighted by atomic mass is 16.6. The van der Waals surface area contributed by atoms with Gasteiger partial charge in [-0.1, -0.05) is 24.3 Å². The number of nitro benzene ring substituents is 1. The third kappa shape index (κ3) is 4.54. The van der Waals surface area contributed by atoms with Gasteiger partial charge < -0.3 is 15.4 Å². The first-order valence-corrected chi connectivity index (χ1v) is 7.41. The first-order valence-electron chi connectivity index (χ1n) is 7.41. The van der Waals surface area contributed by atoms with Crippen LogP contribution in [0.1, 0.15) is 18.5 Å². The molecule has 130 valence electrons. The van der Waals surface area contributed by atoms with Crippen LogP contribution in [-0.2, 0) is 9.59 Å². The van der Waals surface area contributed by atoms with E-state index in [1.165, 1.54) is 24.3 Å². The summed E-state index contributed by atoms with van der Waals surface area (Å²) < 4.78 is 5.06. The number of anilines is 1. The minimum atomic E-state index is -0.977. The fourth-order valence-corrected chi connectivity index (χ4v) is 2.16. The lowest BCUT2D eigenvalue weighted by atomic mass is 10.1. The second-order valence-electron chi connectivity index (χ2n) is 5.20. The van der Waals surface area contributed by atoms with Gasteiger partial charge in [-0.25, -0.2) is 0 Å². The van der Waals surface area contributed by atoms with E-state index in [0.717, 1.165) is 5.56 Å². The van der Waals surface area contributed by atoms with Gasteiger partial charge in [-0.2, -0.15) is 0 Å². The van der Waals surface area contributed by atoms with Gasteiger partial charge in [-0.3, -0.25) is 19.7 Å². The van der Waals surface area contributed by atoms with Gasteiger partial charge in [0.05, 0.1) is 18.1 Å². The Kier molecular flexibility index (Phi) is 5.67. The first-order chi connectivity index (χ1) is 11.9. The Balaban J connectivity index is 2.02. The van der Waals surface area contributed by atoms with E-state index < -0.39 is 22.8 Å². The number of hydrogen-bond acceptors (Lipinski definition) is 5. The summed E-state index contributed by atoms with van der Waals surface area (Å²) in [7, 11) is 1.55. The lowest BCUT2D eigenvalue weighted by Gasteiger charge is -2.14. The van der Waals surface area contributed by atoms with E-state index in [4.69, 9.17) is 4.74 Å². The highest BCUT2D eigenvalue weighted by Crippen LogP contribution is 2.23. The molecule has 0 bridgehead atoms. The van der Waals surface area contributed by atoms with Crippen LogP contribution in [-0.4, -0.2) is 23.8 Å². The maximum Gasteiger partial charge on any atom is 0.313 e. The number of benzene rings is 2. The van der Waals surface area contributed by atoms with E-state index in [0.29, 0.717) is 5.75 Å². The van der Waals surface area contributed by atoms with Gasteiger partial charge in [-0.05, 0) is 30.7 Å². The second-order valence-corrected chi connectivity index (χ2v) is 5.20. The summed E-state index contributed by atoms with van der Waals surface area (Å²) in [6.07, 6.45) is 0. The van der Waals surface area contributed by atoms with Gasteiger partial charge in [0.2, 0.25) is 0 Å². The minimum absolute atomic E-state index is 0.0373. The van der Waals surface area contributed by atoms with E-state index in [2.05, 4.69) is 10.6 Å². The Bertz CT molecular complexity index is 789. The number of nitrogens with zero attached hydrogens (tertiary/aromatic N) is 1. The molecule has 1 atom stereocenters. The number of amides is 2. The number of nitrogens with one attached hydrogen (secondary N) is 2. The predicted octanol–water partition coefficient (Wildman–Crippen LogP) is 2.42. The fraction of sp³-hybridized carbons (Fsp3) is 0.176. The standard InChI is InChI=1S/C17H17N3O5/c1-11(12-7-9-13(25-2)10-8-12)18-16(21)17(22)19-14-5-3-4-6-15(14)20(23)24/h3-11H,1-2H3,(H,18,21)(H,19,22). The molecule has 2 amide bonds. The largest absolute Gasteiger partial charge is 0.497 e. The highest BCUT2D eigenvalue weighted by Gasteiger charge is 2.21. The number of para-hydroxylation sites is 2. The summed E-state index contributed by atoms with van der Waals surface area (Å²) in [5.74, 6) is -1.19.